The quantitative estimate of drug-likeness (QED) is 0.219. The summed E-state index contributed by atoms with van der Waals surface area (Å²) in [6.07, 6.45) is 3.70. The molecule has 2 aromatic heterocycles. The fourth-order valence-electron chi connectivity index (χ4n) is 6.75. The molecule has 0 saturated carbocycles. The van der Waals surface area contributed by atoms with Gasteiger partial charge in [-0.05, 0) is 65.7 Å². The number of pyridine rings is 2. The van der Waals surface area contributed by atoms with Gasteiger partial charge in [0.05, 0.1) is 33.9 Å². The lowest BCUT2D eigenvalue weighted by molar-refractivity contribution is 0.436. The smallest absolute Gasteiger partial charge is 0.151 e. The van der Waals surface area contributed by atoms with Crippen molar-refractivity contribution in [3.8, 4) is 34.4 Å². The Morgan fingerprint density at radius 3 is 1.62 bits per heavy atom. The maximum Gasteiger partial charge on any atom is 0.151 e. The fourth-order valence-corrected chi connectivity index (χ4v) is 6.75. The molecule has 188 valence electrons. The minimum absolute atomic E-state index is 0.684. The highest BCUT2D eigenvalue weighted by Crippen LogP contribution is 2.64. The third-order valence-electron chi connectivity index (χ3n) is 8.21. The number of para-hydroxylation sites is 5. The Hall–Kier alpha value is -5.42. The molecule has 0 radical (unpaired) electrons. The second-order valence-electron chi connectivity index (χ2n) is 10.2. The Morgan fingerprint density at radius 2 is 0.950 bits per heavy atom. The first-order valence-electron chi connectivity index (χ1n) is 13.3. The summed E-state index contributed by atoms with van der Waals surface area (Å²) >= 11 is 0. The van der Waals surface area contributed by atoms with Crippen LogP contribution in [0.1, 0.15) is 22.3 Å². The highest BCUT2D eigenvalue weighted by molar-refractivity contribution is 5.93. The van der Waals surface area contributed by atoms with Gasteiger partial charge < -0.3 is 14.4 Å². The minimum atomic E-state index is -0.684. The van der Waals surface area contributed by atoms with E-state index in [0.29, 0.717) is 0 Å². The Labute approximate surface area is 230 Å². The van der Waals surface area contributed by atoms with Crippen molar-refractivity contribution in [3.63, 3.8) is 0 Å². The molecule has 2 aliphatic heterocycles. The number of anilines is 3. The predicted molar refractivity (Wildman–Crippen MR) is 154 cm³/mol. The first kappa shape index (κ1) is 21.5. The maximum atomic E-state index is 6.70. The van der Waals surface area contributed by atoms with Crippen LogP contribution in [0.15, 0.2) is 128 Å². The van der Waals surface area contributed by atoms with Crippen LogP contribution in [-0.2, 0) is 5.41 Å². The van der Waals surface area contributed by atoms with Crippen molar-refractivity contribution in [2.24, 2.45) is 0 Å². The summed E-state index contributed by atoms with van der Waals surface area (Å²) in [7, 11) is 0. The van der Waals surface area contributed by atoms with Crippen molar-refractivity contribution < 1.29 is 9.47 Å². The normalized spacial score (nSPS) is 14.6. The van der Waals surface area contributed by atoms with E-state index >= 15 is 0 Å². The van der Waals surface area contributed by atoms with E-state index in [2.05, 4.69) is 65.6 Å². The van der Waals surface area contributed by atoms with Crippen LogP contribution in [0, 0.1) is 0 Å². The molecule has 0 bridgehead atoms. The van der Waals surface area contributed by atoms with Gasteiger partial charge in [0.2, 0.25) is 0 Å². The van der Waals surface area contributed by atoms with Gasteiger partial charge in [0.15, 0.2) is 11.5 Å². The number of fused-ring (bicyclic) bond motifs is 11. The second kappa shape index (κ2) is 7.80. The zero-order valence-electron chi connectivity index (χ0n) is 21.3. The van der Waals surface area contributed by atoms with Crippen LogP contribution in [0.3, 0.4) is 0 Å². The van der Waals surface area contributed by atoms with E-state index < -0.39 is 5.41 Å². The molecule has 4 aromatic carbocycles. The second-order valence-corrected chi connectivity index (χ2v) is 10.2. The summed E-state index contributed by atoms with van der Waals surface area (Å²) in [5.74, 6) is 3.26. The molecule has 0 atom stereocenters. The first-order chi connectivity index (χ1) is 19.9. The van der Waals surface area contributed by atoms with Crippen LogP contribution in [-0.4, -0.2) is 9.97 Å². The van der Waals surface area contributed by atoms with Gasteiger partial charge >= 0.3 is 0 Å². The Bertz CT molecular complexity index is 1910. The molecule has 5 nitrogen and oxygen atoms in total. The van der Waals surface area contributed by atoms with E-state index in [0.717, 1.165) is 73.7 Å². The molecule has 0 N–H and O–H groups in total. The molecule has 6 aromatic rings. The van der Waals surface area contributed by atoms with Crippen molar-refractivity contribution in [3.05, 3.63) is 150 Å². The van der Waals surface area contributed by atoms with Crippen LogP contribution in [0.5, 0.6) is 23.0 Å². The number of rotatable bonds is 1. The van der Waals surface area contributed by atoms with Gasteiger partial charge in [-0.2, -0.15) is 0 Å². The number of ether oxygens (including phenoxy) is 2. The van der Waals surface area contributed by atoms with Gasteiger partial charge in [-0.25, -0.2) is 0 Å². The molecule has 0 fully saturated rings. The molecule has 0 unspecified atom stereocenters. The maximum absolute atomic E-state index is 6.70. The third kappa shape index (κ3) is 2.61. The van der Waals surface area contributed by atoms with Gasteiger partial charge in [-0.3, -0.25) is 9.97 Å². The summed E-state index contributed by atoms with van der Waals surface area (Å²) in [5, 5.41) is 0. The van der Waals surface area contributed by atoms with Crippen LogP contribution in [0.25, 0.3) is 11.4 Å². The highest BCUT2D eigenvalue weighted by atomic mass is 16.5. The summed E-state index contributed by atoms with van der Waals surface area (Å²) < 4.78 is 13.1. The monoisotopic (exact) mass is 515 g/mol. The molecule has 1 aliphatic carbocycles. The number of hydrogen-bond donors (Lipinski definition) is 0. The minimum Gasteiger partial charge on any atom is -0.457 e. The van der Waals surface area contributed by atoms with E-state index in [1.807, 2.05) is 67.0 Å². The fraction of sp³-hybridized carbons (Fsp3) is 0.0286. The average molecular weight is 516 g/mol. The number of hydrogen-bond acceptors (Lipinski definition) is 5. The van der Waals surface area contributed by atoms with Crippen LogP contribution < -0.4 is 14.4 Å². The zero-order chi connectivity index (χ0) is 26.3. The lowest BCUT2D eigenvalue weighted by Gasteiger charge is -2.43. The summed E-state index contributed by atoms with van der Waals surface area (Å²) in [5.41, 5.74) is 8.41. The van der Waals surface area contributed by atoms with E-state index in [1.165, 1.54) is 0 Å². The molecule has 5 heteroatoms. The van der Waals surface area contributed by atoms with Crippen LogP contribution in [0.4, 0.5) is 17.1 Å². The molecular weight excluding hydrogens is 494 g/mol. The predicted octanol–water partition coefficient (Wildman–Crippen LogP) is 8.52. The van der Waals surface area contributed by atoms with Gasteiger partial charge in [0, 0.05) is 23.5 Å². The number of aromatic nitrogens is 2. The molecule has 3 aliphatic rings. The van der Waals surface area contributed by atoms with Crippen molar-refractivity contribution in [2.45, 2.75) is 5.41 Å². The standard InChI is InChI=1S/C35H21N3O2/c1-4-16-28-22(10-1)35(23-11-8-20-36-33(23)34-24(35)12-9-21-37-34)32-27(15-7-19-31(32)39-28)38-25-13-2-5-17-29(25)40-30-18-6-3-14-26(30)38/h1-21H. The third-order valence-corrected chi connectivity index (χ3v) is 8.21. The van der Waals surface area contributed by atoms with Gasteiger partial charge in [0.25, 0.3) is 0 Å². The molecule has 9 rings (SSSR count). The molecule has 1 spiro atoms. The van der Waals surface area contributed by atoms with E-state index in [9.17, 15) is 0 Å². The highest BCUT2D eigenvalue weighted by Gasteiger charge is 2.54. The summed E-state index contributed by atoms with van der Waals surface area (Å²) in [6.45, 7) is 0. The molecule has 0 saturated heterocycles. The van der Waals surface area contributed by atoms with Crippen LogP contribution in [0.2, 0.25) is 0 Å². The summed E-state index contributed by atoms with van der Waals surface area (Å²) in [4.78, 5) is 12.0. The SMILES string of the molecule is c1ccc2c(c1)Oc1ccccc1N2c1cccc2c1C1(c3ccccc3O2)c2cccnc2-c2ncccc21. The lowest BCUT2D eigenvalue weighted by atomic mass is 9.65. The molecule has 4 heterocycles. The van der Waals surface area contributed by atoms with Gasteiger partial charge in [-0.15, -0.1) is 0 Å². The van der Waals surface area contributed by atoms with Gasteiger partial charge in [0.1, 0.15) is 11.5 Å². The topological polar surface area (TPSA) is 47.5 Å². The summed E-state index contributed by atoms with van der Waals surface area (Å²) in [6, 6.07) is 39.4. The van der Waals surface area contributed by atoms with Crippen molar-refractivity contribution in [1.82, 2.24) is 9.97 Å². The van der Waals surface area contributed by atoms with Crippen molar-refractivity contribution >= 4 is 17.1 Å². The van der Waals surface area contributed by atoms with E-state index in [-0.39, 0.29) is 0 Å². The largest absolute Gasteiger partial charge is 0.457 e. The number of benzene rings is 4. The van der Waals surface area contributed by atoms with E-state index in [1.54, 1.807) is 0 Å². The zero-order valence-corrected chi connectivity index (χ0v) is 21.3. The molecule has 0 amide bonds. The average Bonchev–Trinajstić information content (AvgIpc) is 3.30. The first-order valence-corrected chi connectivity index (χ1v) is 13.3. The Morgan fingerprint density at radius 1 is 0.450 bits per heavy atom. The van der Waals surface area contributed by atoms with Crippen molar-refractivity contribution in [2.75, 3.05) is 4.90 Å². The Balaban J connectivity index is 1.45. The van der Waals surface area contributed by atoms with Crippen molar-refractivity contribution in [1.29, 1.82) is 0 Å². The van der Waals surface area contributed by atoms with Crippen LogP contribution >= 0.6 is 0 Å². The van der Waals surface area contributed by atoms with E-state index in [4.69, 9.17) is 19.4 Å². The Kier molecular flexibility index (Phi) is 4.20. The lowest BCUT2D eigenvalue weighted by Crippen LogP contribution is -2.34. The van der Waals surface area contributed by atoms with Gasteiger partial charge in [-0.1, -0.05) is 60.7 Å². The molecule has 40 heavy (non-hydrogen) atoms. The number of nitrogens with zero attached hydrogens (tertiary/aromatic N) is 3. The molecular formula is C35H21N3O2.